The van der Waals surface area contributed by atoms with E-state index in [2.05, 4.69) is 15.8 Å². The van der Waals surface area contributed by atoms with Crippen molar-refractivity contribution >= 4 is 27.3 Å². The Bertz CT molecular complexity index is 1600. The molecular weight excluding hydrogens is 572 g/mol. The first-order chi connectivity index (χ1) is 19.7. The number of piperidine rings is 1. The van der Waals surface area contributed by atoms with E-state index in [4.69, 9.17) is 0 Å². The summed E-state index contributed by atoms with van der Waals surface area (Å²) in [6, 6.07) is 17.7. The molecule has 7 nitrogen and oxygen atoms in total. The monoisotopic (exact) mass is 602 g/mol. The number of nitrogens with one attached hydrogen (secondary N) is 1. The van der Waals surface area contributed by atoms with Gasteiger partial charge in [-0.2, -0.15) is 18.4 Å². The van der Waals surface area contributed by atoms with Crippen LogP contribution in [0.4, 0.5) is 29.1 Å². The van der Waals surface area contributed by atoms with Crippen LogP contribution in [-0.2, 0) is 32.8 Å². The number of Topliss-reactive ketones (excluding diaryl/α,β-unsaturated/α-hetero) is 1. The molecule has 1 fully saturated rings. The smallest absolute Gasteiger partial charge is 0.356 e. The molecule has 0 spiro atoms. The Morgan fingerprint density at radius 1 is 1.12 bits per heavy atom. The van der Waals surface area contributed by atoms with Crippen LogP contribution in [-0.4, -0.2) is 38.5 Å². The molecule has 2 heterocycles. The van der Waals surface area contributed by atoms with Crippen LogP contribution in [0.3, 0.4) is 0 Å². The number of ketones is 1. The molecule has 1 aliphatic heterocycles. The summed E-state index contributed by atoms with van der Waals surface area (Å²) >= 11 is 0. The van der Waals surface area contributed by atoms with Crippen LogP contribution in [0.2, 0.25) is 0 Å². The average molecular weight is 603 g/mol. The van der Waals surface area contributed by atoms with Crippen molar-refractivity contribution in [3.05, 3.63) is 88.9 Å². The van der Waals surface area contributed by atoms with Crippen LogP contribution in [0.5, 0.6) is 0 Å². The van der Waals surface area contributed by atoms with Gasteiger partial charge in [-0.15, -0.1) is 0 Å². The van der Waals surface area contributed by atoms with E-state index >= 15 is 0 Å². The van der Waals surface area contributed by atoms with Gasteiger partial charge >= 0.3 is 6.18 Å². The van der Waals surface area contributed by atoms with Crippen molar-refractivity contribution in [2.24, 2.45) is 0 Å². The lowest BCUT2D eigenvalue weighted by Gasteiger charge is -2.39. The van der Waals surface area contributed by atoms with Crippen molar-refractivity contribution in [2.45, 2.75) is 50.1 Å². The summed E-state index contributed by atoms with van der Waals surface area (Å²) in [5.74, 6) is -1.71. The number of hydrogen-bond donors (Lipinski definition) is 1. The summed E-state index contributed by atoms with van der Waals surface area (Å²) in [7, 11) is -3.69. The van der Waals surface area contributed by atoms with Gasteiger partial charge in [0.15, 0.2) is 0 Å². The molecule has 3 aromatic rings. The zero-order valence-electron chi connectivity index (χ0n) is 23.1. The molecule has 0 bridgehead atoms. The molecule has 0 saturated carbocycles. The number of benzene rings is 2. The van der Waals surface area contributed by atoms with E-state index in [1.54, 1.807) is 11.8 Å². The quantitative estimate of drug-likeness (QED) is 0.303. The largest absolute Gasteiger partial charge is 0.433 e. The second-order valence-corrected chi connectivity index (χ2v) is 12.3. The molecule has 222 valence electrons. The van der Waals surface area contributed by atoms with Gasteiger partial charge in [-0.1, -0.05) is 49.4 Å². The summed E-state index contributed by atoms with van der Waals surface area (Å²) in [6.07, 6.45) is -2.89. The third-order valence-corrected chi connectivity index (χ3v) is 8.21. The van der Waals surface area contributed by atoms with Gasteiger partial charge < -0.3 is 4.90 Å². The van der Waals surface area contributed by atoms with E-state index in [1.807, 2.05) is 30.3 Å². The predicted molar refractivity (Wildman–Crippen MR) is 151 cm³/mol. The maximum absolute atomic E-state index is 14.5. The summed E-state index contributed by atoms with van der Waals surface area (Å²) in [4.78, 5) is 18.7. The van der Waals surface area contributed by atoms with Gasteiger partial charge in [0.05, 0.1) is 23.4 Å². The van der Waals surface area contributed by atoms with Gasteiger partial charge in [0.25, 0.3) is 0 Å². The Balaban J connectivity index is 1.52. The number of carbonyl (C=O) groups excluding carboxylic acids is 1. The zero-order valence-corrected chi connectivity index (χ0v) is 23.9. The van der Waals surface area contributed by atoms with Gasteiger partial charge in [0.2, 0.25) is 10.0 Å². The van der Waals surface area contributed by atoms with Crippen molar-refractivity contribution < 1.29 is 30.8 Å². The summed E-state index contributed by atoms with van der Waals surface area (Å²) in [6.45, 7) is 2.20. The van der Waals surface area contributed by atoms with Crippen molar-refractivity contribution in [3.8, 4) is 6.07 Å². The molecule has 0 radical (unpaired) electrons. The SMILES string of the molecule is CC(C(=O)CCc1ccc(C(F)(F)F)nc1N1CCC(C#N)(c2ccccc2)CC1)c1ccc(NS(C)(=O)=O)c(F)c1. The minimum absolute atomic E-state index is 0.0356. The second kappa shape index (κ2) is 12.1. The number of aryl methyl sites for hydroxylation is 1. The number of sulfonamides is 1. The van der Waals surface area contributed by atoms with Crippen LogP contribution >= 0.6 is 0 Å². The highest BCUT2D eigenvalue weighted by Gasteiger charge is 2.38. The van der Waals surface area contributed by atoms with E-state index in [1.165, 1.54) is 18.2 Å². The third-order valence-electron chi connectivity index (χ3n) is 7.62. The van der Waals surface area contributed by atoms with Crippen molar-refractivity contribution in [1.29, 1.82) is 5.26 Å². The number of aromatic nitrogens is 1. The first-order valence-electron chi connectivity index (χ1n) is 13.3. The minimum atomic E-state index is -4.66. The highest BCUT2D eigenvalue weighted by Crippen LogP contribution is 2.38. The molecule has 1 aliphatic rings. The molecule has 12 heteroatoms. The number of nitrogens with zero attached hydrogens (tertiary/aromatic N) is 3. The maximum atomic E-state index is 14.5. The summed E-state index contributed by atoms with van der Waals surface area (Å²) in [5, 5.41) is 10.0. The van der Waals surface area contributed by atoms with Gasteiger partial charge in [0, 0.05) is 25.4 Å². The van der Waals surface area contributed by atoms with Crippen LogP contribution in [0.15, 0.2) is 60.7 Å². The molecule has 0 aliphatic carbocycles. The Kier molecular flexibility index (Phi) is 8.92. The fourth-order valence-corrected chi connectivity index (χ4v) is 5.73. The fraction of sp³-hybridized carbons (Fsp3) is 0.367. The molecule has 1 N–H and O–H groups in total. The van der Waals surface area contributed by atoms with Gasteiger partial charge in [0.1, 0.15) is 23.1 Å². The molecular formula is C30H30F4N4O3S. The Hall–Kier alpha value is -3.98. The Morgan fingerprint density at radius 2 is 1.79 bits per heavy atom. The highest BCUT2D eigenvalue weighted by atomic mass is 32.2. The Morgan fingerprint density at radius 3 is 2.36 bits per heavy atom. The lowest BCUT2D eigenvalue weighted by molar-refractivity contribution is -0.141. The van der Waals surface area contributed by atoms with E-state index in [-0.39, 0.29) is 30.1 Å². The average Bonchev–Trinajstić information content (AvgIpc) is 2.96. The maximum Gasteiger partial charge on any atom is 0.433 e. The van der Waals surface area contributed by atoms with E-state index in [0.29, 0.717) is 37.1 Å². The molecule has 0 amide bonds. The first-order valence-corrected chi connectivity index (χ1v) is 15.2. The van der Waals surface area contributed by atoms with E-state index < -0.39 is 39.0 Å². The topological polar surface area (TPSA) is 103 Å². The molecule has 42 heavy (non-hydrogen) atoms. The molecule has 1 saturated heterocycles. The lowest BCUT2D eigenvalue weighted by atomic mass is 9.74. The highest BCUT2D eigenvalue weighted by molar-refractivity contribution is 7.92. The zero-order chi connectivity index (χ0) is 30.7. The number of nitriles is 1. The van der Waals surface area contributed by atoms with Crippen molar-refractivity contribution in [2.75, 3.05) is 29.0 Å². The molecule has 1 unspecified atom stereocenters. The third kappa shape index (κ3) is 7.07. The molecule has 1 aromatic heterocycles. The van der Waals surface area contributed by atoms with Crippen molar-refractivity contribution in [1.82, 2.24) is 4.98 Å². The van der Waals surface area contributed by atoms with Crippen LogP contribution in [0.25, 0.3) is 0 Å². The number of pyridine rings is 1. The van der Waals surface area contributed by atoms with E-state index in [9.17, 15) is 36.0 Å². The Labute approximate surface area is 242 Å². The van der Waals surface area contributed by atoms with E-state index in [0.717, 1.165) is 24.0 Å². The number of halogens is 4. The first kappa shape index (κ1) is 31.0. The van der Waals surface area contributed by atoms with Crippen molar-refractivity contribution in [3.63, 3.8) is 0 Å². The van der Waals surface area contributed by atoms with Crippen LogP contribution < -0.4 is 9.62 Å². The standard InChI is InChI=1S/C30H30F4N4O3S/c1-20(22-8-11-25(24(31)18-22)37-42(2,40)41)26(39)12-9-21-10-13-27(30(32,33)34)36-28(21)38-16-14-29(19-35,15-17-38)23-6-4-3-5-7-23/h3-8,10-11,13,18,20,37H,9,12,14-17H2,1-2H3. The number of anilines is 2. The normalized spacial score (nSPS) is 16.0. The van der Waals surface area contributed by atoms with Gasteiger partial charge in [-0.25, -0.2) is 17.8 Å². The van der Waals surface area contributed by atoms with Gasteiger partial charge in [-0.05, 0) is 54.2 Å². The number of hydrogen-bond acceptors (Lipinski definition) is 6. The van der Waals surface area contributed by atoms with Gasteiger partial charge in [-0.3, -0.25) is 9.52 Å². The lowest BCUT2D eigenvalue weighted by Crippen LogP contribution is -2.42. The number of alkyl halides is 3. The number of carbonyl (C=O) groups is 1. The molecule has 2 aromatic carbocycles. The fourth-order valence-electron chi connectivity index (χ4n) is 5.17. The molecule has 1 atom stereocenters. The summed E-state index contributed by atoms with van der Waals surface area (Å²) < 4.78 is 80.1. The minimum Gasteiger partial charge on any atom is -0.356 e. The second-order valence-electron chi connectivity index (χ2n) is 10.5. The molecule has 4 rings (SSSR count). The number of rotatable bonds is 9. The predicted octanol–water partition coefficient (Wildman–Crippen LogP) is 5.98. The van der Waals surface area contributed by atoms with Crippen LogP contribution in [0.1, 0.15) is 54.5 Å². The summed E-state index contributed by atoms with van der Waals surface area (Å²) in [5.41, 5.74) is -0.374. The van der Waals surface area contributed by atoms with Crippen LogP contribution in [0, 0.1) is 17.1 Å².